The van der Waals surface area contributed by atoms with Crippen LogP contribution in [0.3, 0.4) is 0 Å². The van der Waals surface area contributed by atoms with Gasteiger partial charge in [-0.05, 0) is 24.6 Å². The van der Waals surface area contributed by atoms with E-state index in [-0.39, 0.29) is 5.91 Å². The van der Waals surface area contributed by atoms with E-state index in [4.69, 9.17) is 23.2 Å². The Hall–Kier alpha value is -0.550. The van der Waals surface area contributed by atoms with Gasteiger partial charge in [-0.3, -0.25) is 4.79 Å². The number of amides is 1. The van der Waals surface area contributed by atoms with E-state index >= 15 is 0 Å². The molecular formula is C12H11BrCl2N2O. The van der Waals surface area contributed by atoms with Gasteiger partial charge in [-0.1, -0.05) is 39.1 Å². The largest absolute Gasteiger partial charge is 0.320 e. The highest BCUT2D eigenvalue weighted by Gasteiger charge is 2.18. The summed E-state index contributed by atoms with van der Waals surface area (Å²) in [6.45, 7) is 3.33. The van der Waals surface area contributed by atoms with Gasteiger partial charge in [-0.2, -0.15) is 0 Å². The zero-order valence-corrected chi connectivity index (χ0v) is 12.7. The Morgan fingerprint density at radius 2 is 1.89 bits per heavy atom. The van der Waals surface area contributed by atoms with Gasteiger partial charge in [-0.15, -0.1) is 0 Å². The summed E-state index contributed by atoms with van der Waals surface area (Å²) < 4.78 is 0.772. The van der Waals surface area contributed by atoms with Crippen LogP contribution in [-0.4, -0.2) is 19.0 Å². The molecule has 0 unspecified atom stereocenters. The van der Waals surface area contributed by atoms with Crippen molar-refractivity contribution in [3.05, 3.63) is 37.8 Å². The molecule has 1 heterocycles. The van der Waals surface area contributed by atoms with Crippen molar-refractivity contribution < 1.29 is 4.79 Å². The summed E-state index contributed by atoms with van der Waals surface area (Å²) >= 11 is 15.4. The molecule has 2 rings (SSSR count). The Balaban J connectivity index is 2.22. The lowest BCUT2D eigenvalue weighted by Gasteiger charge is -2.21. The molecule has 1 aromatic rings. The third-order valence-corrected chi connectivity index (χ3v) is 3.85. The van der Waals surface area contributed by atoms with Gasteiger partial charge in [-0.25, -0.2) is 0 Å². The number of hydrogen-bond donors (Lipinski definition) is 2. The average molecular weight is 350 g/mol. The minimum atomic E-state index is -0.169. The highest BCUT2D eigenvalue weighted by molar-refractivity contribution is 9.10. The normalized spacial score (nSPS) is 14.1. The molecule has 1 amide bonds. The minimum absolute atomic E-state index is 0.169. The first kappa shape index (κ1) is 13.9. The van der Waals surface area contributed by atoms with Crippen molar-refractivity contribution in [3.8, 4) is 0 Å². The highest BCUT2D eigenvalue weighted by atomic mass is 79.9. The Kier molecular flexibility index (Phi) is 4.33. The summed E-state index contributed by atoms with van der Waals surface area (Å²) in [7, 11) is 0. The third-order valence-electron chi connectivity index (χ3n) is 2.79. The summed E-state index contributed by atoms with van der Waals surface area (Å²) in [6, 6.07) is 3.38. The van der Waals surface area contributed by atoms with Gasteiger partial charge in [0.2, 0.25) is 0 Å². The molecule has 1 saturated heterocycles. The van der Waals surface area contributed by atoms with Crippen LogP contribution >= 0.6 is 39.1 Å². The topological polar surface area (TPSA) is 41.1 Å². The number of nitrogens with one attached hydrogen (secondary N) is 2. The Morgan fingerprint density at radius 1 is 1.33 bits per heavy atom. The number of anilines is 1. The molecule has 0 aromatic heterocycles. The molecule has 0 saturated carbocycles. The number of rotatable bonds is 2. The molecule has 1 aliphatic rings. The van der Waals surface area contributed by atoms with Crippen LogP contribution in [0.1, 0.15) is 6.92 Å². The van der Waals surface area contributed by atoms with E-state index in [9.17, 15) is 4.79 Å². The van der Waals surface area contributed by atoms with Crippen LogP contribution in [0.4, 0.5) is 5.69 Å². The number of hydrogen-bond acceptors (Lipinski definition) is 2. The molecule has 2 N–H and O–H groups in total. The second-order valence-corrected chi connectivity index (χ2v) is 5.76. The quantitative estimate of drug-likeness (QED) is 0.801. The second kappa shape index (κ2) is 5.61. The highest BCUT2D eigenvalue weighted by Crippen LogP contribution is 2.34. The van der Waals surface area contributed by atoms with E-state index in [0.717, 1.165) is 23.1 Å². The van der Waals surface area contributed by atoms with Crippen LogP contribution in [0.2, 0.25) is 10.0 Å². The fraction of sp³-hybridized carbons (Fsp3) is 0.250. The summed E-state index contributed by atoms with van der Waals surface area (Å²) in [4.78, 5) is 12.0. The number of carbonyl (C=O) groups excluding carboxylic acids is 1. The van der Waals surface area contributed by atoms with E-state index in [1.54, 1.807) is 19.1 Å². The molecule has 3 nitrogen and oxygen atoms in total. The maximum Gasteiger partial charge on any atom is 0.251 e. The summed E-state index contributed by atoms with van der Waals surface area (Å²) in [5, 5.41) is 6.66. The smallest absolute Gasteiger partial charge is 0.251 e. The molecule has 0 spiro atoms. The van der Waals surface area contributed by atoms with Crippen LogP contribution in [0, 0.1) is 0 Å². The molecule has 0 bridgehead atoms. The van der Waals surface area contributed by atoms with E-state index in [0.29, 0.717) is 21.3 Å². The van der Waals surface area contributed by atoms with Crippen molar-refractivity contribution in [1.29, 1.82) is 0 Å². The van der Waals surface area contributed by atoms with Gasteiger partial charge in [0.15, 0.2) is 0 Å². The predicted molar refractivity (Wildman–Crippen MR) is 78.4 cm³/mol. The van der Waals surface area contributed by atoms with Crippen LogP contribution < -0.4 is 10.6 Å². The Bertz CT molecular complexity index is 514. The average Bonchev–Trinajstić information content (AvgIpc) is 2.20. The predicted octanol–water partition coefficient (Wildman–Crippen LogP) is 3.61. The van der Waals surface area contributed by atoms with Crippen LogP contribution in [0.5, 0.6) is 0 Å². The van der Waals surface area contributed by atoms with Gasteiger partial charge < -0.3 is 10.6 Å². The lowest BCUT2D eigenvalue weighted by atomic mass is 10.0. The summed E-state index contributed by atoms with van der Waals surface area (Å²) in [5.74, 6) is -0.169. The SMILES string of the molecule is CC(C(=O)Nc1c(Cl)cc(Br)cc1Cl)=C1CNC1. The van der Waals surface area contributed by atoms with Crippen molar-refractivity contribution in [2.24, 2.45) is 0 Å². The maximum absolute atomic E-state index is 12.0. The van der Waals surface area contributed by atoms with Gasteiger partial charge in [0, 0.05) is 23.1 Å². The molecule has 0 aliphatic carbocycles. The lowest BCUT2D eigenvalue weighted by Crippen LogP contribution is -2.36. The molecule has 1 aromatic carbocycles. The maximum atomic E-state index is 12.0. The number of halogens is 3. The Morgan fingerprint density at radius 3 is 2.33 bits per heavy atom. The molecule has 1 fully saturated rings. The van der Waals surface area contributed by atoms with Crippen LogP contribution in [-0.2, 0) is 4.79 Å². The van der Waals surface area contributed by atoms with E-state index in [1.807, 2.05) is 0 Å². The van der Waals surface area contributed by atoms with E-state index in [2.05, 4.69) is 26.6 Å². The van der Waals surface area contributed by atoms with Gasteiger partial charge in [0.05, 0.1) is 15.7 Å². The molecule has 6 heteroatoms. The zero-order chi connectivity index (χ0) is 13.3. The van der Waals surface area contributed by atoms with Crippen LogP contribution in [0.15, 0.2) is 27.8 Å². The molecular weight excluding hydrogens is 339 g/mol. The van der Waals surface area contributed by atoms with Crippen molar-refractivity contribution in [2.45, 2.75) is 6.92 Å². The zero-order valence-electron chi connectivity index (χ0n) is 9.61. The molecule has 0 atom stereocenters. The molecule has 96 valence electrons. The summed E-state index contributed by atoms with van der Waals surface area (Å²) in [5.41, 5.74) is 2.26. The van der Waals surface area contributed by atoms with Crippen molar-refractivity contribution in [3.63, 3.8) is 0 Å². The first-order chi connectivity index (χ1) is 8.49. The van der Waals surface area contributed by atoms with Crippen LogP contribution in [0.25, 0.3) is 0 Å². The number of benzene rings is 1. The Labute approximate surface area is 124 Å². The van der Waals surface area contributed by atoms with Crippen molar-refractivity contribution in [2.75, 3.05) is 18.4 Å². The third kappa shape index (κ3) is 2.88. The van der Waals surface area contributed by atoms with Gasteiger partial charge in [0.1, 0.15) is 0 Å². The molecule has 0 radical (unpaired) electrons. The van der Waals surface area contributed by atoms with Crippen molar-refractivity contribution >= 4 is 50.7 Å². The lowest BCUT2D eigenvalue weighted by molar-refractivity contribution is -0.112. The molecule has 18 heavy (non-hydrogen) atoms. The standard InChI is InChI=1S/C12H11BrCl2N2O/c1-6(7-4-16-5-7)12(18)17-11-9(14)2-8(13)3-10(11)15/h2-3,16H,4-5H2,1H3,(H,17,18). The fourth-order valence-electron chi connectivity index (χ4n) is 1.54. The van der Waals surface area contributed by atoms with Gasteiger partial charge >= 0.3 is 0 Å². The second-order valence-electron chi connectivity index (χ2n) is 4.03. The minimum Gasteiger partial charge on any atom is -0.320 e. The first-order valence-corrected chi connectivity index (χ1v) is 6.89. The van der Waals surface area contributed by atoms with E-state index < -0.39 is 0 Å². The van der Waals surface area contributed by atoms with E-state index in [1.165, 1.54) is 0 Å². The molecule has 1 aliphatic heterocycles. The first-order valence-electron chi connectivity index (χ1n) is 5.34. The fourth-order valence-corrected chi connectivity index (χ4v) is 2.85. The monoisotopic (exact) mass is 348 g/mol. The van der Waals surface area contributed by atoms with Crippen molar-refractivity contribution in [1.82, 2.24) is 5.32 Å². The summed E-state index contributed by atoms with van der Waals surface area (Å²) in [6.07, 6.45) is 0. The van der Waals surface area contributed by atoms with Gasteiger partial charge in [0.25, 0.3) is 5.91 Å². The number of carbonyl (C=O) groups is 1.